The van der Waals surface area contributed by atoms with Crippen molar-refractivity contribution in [2.45, 2.75) is 38.8 Å². The lowest BCUT2D eigenvalue weighted by Crippen LogP contribution is -2.48. The number of nitrogens with one attached hydrogen (secondary N) is 2. The largest absolute Gasteiger partial charge is 0.351 e. The maximum Gasteiger partial charge on any atom is 0.237 e. The van der Waals surface area contributed by atoms with Crippen molar-refractivity contribution in [1.82, 2.24) is 10.6 Å². The van der Waals surface area contributed by atoms with Crippen LogP contribution in [0.5, 0.6) is 0 Å². The predicted molar refractivity (Wildman–Crippen MR) is 71.0 cm³/mol. The first kappa shape index (κ1) is 12.6. The molecule has 17 heavy (non-hydrogen) atoms. The van der Waals surface area contributed by atoms with E-state index in [0.717, 1.165) is 13.0 Å². The summed E-state index contributed by atoms with van der Waals surface area (Å²) in [6.45, 7) is 3.82. The fourth-order valence-electron chi connectivity index (χ4n) is 2.27. The van der Waals surface area contributed by atoms with Crippen LogP contribution in [0.1, 0.15) is 31.7 Å². The third-order valence-corrected chi connectivity index (χ3v) is 4.19. The summed E-state index contributed by atoms with van der Waals surface area (Å²) in [5.41, 5.74) is 1.19. The van der Waals surface area contributed by atoms with Crippen LogP contribution < -0.4 is 10.6 Å². The van der Waals surface area contributed by atoms with Crippen LogP contribution in [-0.4, -0.2) is 18.5 Å². The van der Waals surface area contributed by atoms with Gasteiger partial charge in [-0.05, 0) is 47.7 Å². The lowest BCUT2D eigenvalue weighted by molar-refractivity contribution is -0.124. The second-order valence-corrected chi connectivity index (χ2v) is 5.43. The topological polar surface area (TPSA) is 41.1 Å². The Morgan fingerprint density at radius 2 is 2.53 bits per heavy atom. The molecule has 0 spiro atoms. The van der Waals surface area contributed by atoms with E-state index in [1.54, 1.807) is 11.3 Å². The summed E-state index contributed by atoms with van der Waals surface area (Å²) in [5.74, 6) is 0.850. The molecule has 3 nitrogen and oxygen atoms in total. The SMILES string of the molecule is CCC1CCNC(C(=O)NCc2ccsc2)C1. The van der Waals surface area contributed by atoms with Gasteiger partial charge in [0.25, 0.3) is 0 Å². The molecule has 2 N–H and O–H groups in total. The van der Waals surface area contributed by atoms with Gasteiger partial charge in [0, 0.05) is 6.54 Å². The third-order valence-electron chi connectivity index (χ3n) is 3.45. The van der Waals surface area contributed by atoms with E-state index in [4.69, 9.17) is 0 Å². The van der Waals surface area contributed by atoms with Gasteiger partial charge in [0.05, 0.1) is 6.04 Å². The molecule has 1 saturated heterocycles. The zero-order chi connectivity index (χ0) is 12.1. The summed E-state index contributed by atoms with van der Waals surface area (Å²) in [6, 6.07) is 2.06. The van der Waals surface area contributed by atoms with Gasteiger partial charge in [-0.3, -0.25) is 4.79 Å². The zero-order valence-corrected chi connectivity index (χ0v) is 11.1. The molecule has 2 unspecified atom stereocenters. The second-order valence-electron chi connectivity index (χ2n) is 4.65. The Hall–Kier alpha value is -0.870. The quantitative estimate of drug-likeness (QED) is 0.862. The van der Waals surface area contributed by atoms with Crippen LogP contribution in [0.2, 0.25) is 0 Å². The molecule has 1 amide bonds. The summed E-state index contributed by atoms with van der Waals surface area (Å²) in [6.07, 6.45) is 3.35. The molecule has 0 aromatic carbocycles. The summed E-state index contributed by atoms with van der Waals surface area (Å²) in [7, 11) is 0. The van der Waals surface area contributed by atoms with E-state index >= 15 is 0 Å². The van der Waals surface area contributed by atoms with Crippen LogP contribution in [0.25, 0.3) is 0 Å². The predicted octanol–water partition coefficient (Wildman–Crippen LogP) is 2.14. The number of hydrogen-bond donors (Lipinski definition) is 2. The Balaban J connectivity index is 1.79. The number of piperidine rings is 1. The molecular weight excluding hydrogens is 232 g/mol. The van der Waals surface area contributed by atoms with Gasteiger partial charge in [0.1, 0.15) is 0 Å². The average molecular weight is 252 g/mol. The normalized spacial score (nSPS) is 24.5. The first-order valence-corrected chi connectivity index (χ1v) is 7.26. The molecule has 1 aliphatic rings. The molecule has 0 aliphatic carbocycles. The number of carbonyl (C=O) groups excluding carboxylic acids is 1. The van der Waals surface area contributed by atoms with Crippen LogP contribution in [0.3, 0.4) is 0 Å². The van der Waals surface area contributed by atoms with Gasteiger partial charge in [-0.1, -0.05) is 13.3 Å². The highest BCUT2D eigenvalue weighted by atomic mass is 32.1. The smallest absolute Gasteiger partial charge is 0.237 e. The Labute approximate surface area is 107 Å². The van der Waals surface area contributed by atoms with Gasteiger partial charge in [0.15, 0.2) is 0 Å². The van der Waals surface area contributed by atoms with E-state index in [-0.39, 0.29) is 11.9 Å². The van der Waals surface area contributed by atoms with Crippen molar-refractivity contribution in [2.24, 2.45) is 5.92 Å². The van der Waals surface area contributed by atoms with Crippen molar-refractivity contribution in [3.63, 3.8) is 0 Å². The summed E-state index contributed by atoms with van der Waals surface area (Å²) < 4.78 is 0. The van der Waals surface area contributed by atoms with Gasteiger partial charge < -0.3 is 10.6 Å². The van der Waals surface area contributed by atoms with Crippen molar-refractivity contribution in [3.8, 4) is 0 Å². The van der Waals surface area contributed by atoms with E-state index in [2.05, 4.69) is 22.9 Å². The summed E-state index contributed by atoms with van der Waals surface area (Å²) >= 11 is 1.66. The summed E-state index contributed by atoms with van der Waals surface area (Å²) in [5, 5.41) is 10.4. The monoisotopic (exact) mass is 252 g/mol. The Morgan fingerprint density at radius 3 is 3.24 bits per heavy atom. The van der Waals surface area contributed by atoms with Crippen LogP contribution in [0, 0.1) is 5.92 Å². The van der Waals surface area contributed by atoms with Gasteiger partial charge in [-0.2, -0.15) is 11.3 Å². The van der Waals surface area contributed by atoms with E-state index in [0.29, 0.717) is 12.5 Å². The molecule has 1 aromatic heterocycles. The molecule has 2 rings (SSSR count). The van der Waals surface area contributed by atoms with Gasteiger partial charge >= 0.3 is 0 Å². The van der Waals surface area contributed by atoms with Crippen molar-refractivity contribution in [3.05, 3.63) is 22.4 Å². The van der Waals surface area contributed by atoms with Crippen molar-refractivity contribution in [2.75, 3.05) is 6.54 Å². The molecule has 94 valence electrons. The molecule has 0 saturated carbocycles. The minimum atomic E-state index is 0.00679. The molecule has 1 aromatic rings. The number of carbonyl (C=O) groups is 1. The fraction of sp³-hybridized carbons (Fsp3) is 0.615. The number of hydrogen-bond acceptors (Lipinski definition) is 3. The highest BCUT2D eigenvalue weighted by Gasteiger charge is 2.25. The number of rotatable bonds is 4. The molecule has 1 aliphatic heterocycles. The third kappa shape index (κ3) is 3.54. The molecular formula is C13H20N2OS. The van der Waals surface area contributed by atoms with Gasteiger partial charge in [-0.25, -0.2) is 0 Å². The standard InChI is InChI=1S/C13H20N2OS/c1-2-10-3-5-14-12(7-10)13(16)15-8-11-4-6-17-9-11/h4,6,9-10,12,14H,2-3,5,7-8H2,1H3,(H,15,16). The van der Waals surface area contributed by atoms with Gasteiger partial charge in [0.2, 0.25) is 5.91 Å². The molecule has 2 atom stereocenters. The van der Waals surface area contributed by atoms with Crippen molar-refractivity contribution < 1.29 is 4.79 Å². The maximum atomic E-state index is 12.0. The van der Waals surface area contributed by atoms with E-state index in [9.17, 15) is 4.79 Å². The lowest BCUT2D eigenvalue weighted by Gasteiger charge is -2.28. The highest BCUT2D eigenvalue weighted by Crippen LogP contribution is 2.19. The van der Waals surface area contributed by atoms with E-state index in [1.807, 2.05) is 11.4 Å². The first-order chi connectivity index (χ1) is 8.29. The number of amides is 1. The van der Waals surface area contributed by atoms with Crippen LogP contribution in [-0.2, 0) is 11.3 Å². The minimum Gasteiger partial charge on any atom is -0.351 e. The maximum absolute atomic E-state index is 12.0. The van der Waals surface area contributed by atoms with E-state index in [1.165, 1.54) is 18.4 Å². The minimum absolute atomic E-state index is 0.00679. The van der Waals surface area contributed by atoms with Gasteiger partial charge in [-0.15, -0.1) is 0 Å². The number of thiophene rings is 1. The van der Waals surface area contributed by atoms with Crippen LogP contribution in [0.4, 0.5) is 0 Å². The van der Waals surface area contributed by atoms with E-state index < -0.39 is 0 Å². The van der Waals surface area contributed by atoms with Crippen molar-refractivity contribution in [1.29, 1.82) is 0 Å². The Morgan fingerprint density at radius 1 is 1.65 bits per heavy atom. The summed E-state index contributed by atoms with van der Waals surface area (Å²) in [4.78, 5) is 12.0. The molecule has 0 bridgehead atoms. The highest BCUT2D eigenvalue weighted by molar-refractivity contribution is 7.07. The van der Waals surface area contributed by atoms with Crippen LogP contribution >= 0.6 is 11.3 Å². The fourth-order valence-corrected chi connectivity index (χ4v) is 2.94. The molecule has 4 heteroatoms. The Kier molecular flexibility index (Phi) is 4.57. The zero-order valence-electron chi connectivity index (χ0n) is 10.2. The molecule has 0 radical (unpaired) electrons. The Bertz CT molecular complexity index is 350. The first-order valence-electron chi connectivity index (χ1n) is 6.31. The molecule has 2 heterocycles. The van der Waals surface area contributed by atoms with Crippen molar-refractivity contribution >= 4 is 17.2 Å². The second kappa shape index (κ2) is 6.17. The lowest BCUT2D eigenvalue weighted by atomic mass is 9.90. The molecule has 1 fully saturated rings. The average Bonchev–Trinajstić information content (AvgIpc) is 2.89. The van der Waals surface area contributed by atoms with Crippen LogP contribution in [0.15, 0.2) is 16.8 Å².